The average Bonchev–Trinajstić information content (AvgIpc) is 2.93. The summed E-state index contributed by atoms with van der Waals surface area (Å²) in [6, 6.07) is 7.20. The topological polar surface area (TPSA) is 108 Å². The van der Waals surface area contributed by atoms with Crippen molar-refractivity contribution in [3.05, 3.63) is 51.8 Å². The fourth-order valence-corrected chi connectivity index (χ4v) is 2.65. The first kappa shape index (κ1) is 14.5. The molecule has 1 amide bonds. The zero-order chi connectivity index (χ0) is 15.7. The van der Waals surface area contributed by atoms with Crippen molar-refractivity contribution < 1.29 is 4.79 Å². The number of halogens is 1. The molecule has 0 unspecified atom stereocenters. The summed E-state index contributed by atoms with van der Waals surface area (Å²) in [4.78, 5) is 28.1. The molecule has 0 aliphatic heterocycles. The first-order valence-corrected chi connectivity index (χ1v) is 7.41. The van der Waals surface area contributed by atoms with E-state index in [4.69, 9.17) is 17.3 Å². The molecule has 3 aromatic rings. The van der Waals surface area contributed by atoms with Gasteiger partial charge in [-0.25, -0.2) is 14.2 Å². The number of rotatable bonds is 4. The SMILES string of the molecule is NC(=O)c1ncn2c(=O)n(CSc3ccc(Cl)cc3)nnc12. The normalized spacial score (nSPS) is 11.0. The van der Waals surface area contributed by atoms with Crippen molar-refractivity contribution in [3.8, 4) is 0 Å². The maximum absolute atomic E-state index is 12.2. The van der Waals surface area contributed by atoms with Crippen LogP contribution in [0.4, 0.5) is 0 Å². The summed E-state index contributed by atoms with van der Waals surface area (Å²) in [7, 11) is 0. The van der Waals surface area contributed by atoms with Crippen LogP contribution in [0.2, 0.25) is 5.02 Å². The molecule has 0 atom stereocenters. The summed E-state index contributed by atoms with van der Waals surface area (Å²) >= 11 is 7.21. The third-order valence-corrected chi connectivity index (χ3v) is 4.05. The maximum Gasteiger partial charge on any atom is 0.353 e. The molecule has 112 valence electrons. The van der Waals surface area contributed by atoms with Gasteiger partial charge in [0, 0.05) is 9.92 Å². The molecule has 0 spiro atoms. The highest BCUT2D eigenvalue weighted by atomic mass is 35.5. The molecule has 0 aliphatic rings. The molecular formula is C12H9ClN6O2S. The van der Waals surface area contributed by atoms with Gasteiger partial charge in [0.2, 0.25) is 0 Å². The third-order valence-electron chi connectivity index (χ3n) is 2.82. The number of aromatic nitrogens is 5. The number of benzene rings is 1. The predicted molar refractivity (Wildman–Crippen MR) is 80.9 cm³/mol. The Kier molecular flexibility index (Phi) is 3.82. The fraction of sp³-hybridized carbons (Fsp3) is 0.0833. The van der Waals surface area contributed by atoms with Crippen molar-refractivity contribution in [2.24, 2.45) is 5.73 Å². The Morgan fingerprint density at radius 1 is 1.32 bits per heavy atom. The Hall–Kier alpha value is -2.39. The first-order chi connectivity index (χ1) is 10.6. The van der Waals surface area contributed by atoms with Gasteiger partial charge in [0.25, 0.3) is 5.91 Å². The van der Waals surface area contributed by atoms with Crippen LogP contribution in [-0.4, -0.2) is 30.3 Å². The van der Waals surface area contributed by atoms with Gasteiger partial charge in [-0.2, -0.15) is 4.68 Å². The van der Waals surface area contributed by atoms with E-state index in [1.807, 2.05) is 12.1 Å². The Balaban J connectivity index is 1.88. The van der Waals surface area contributed by atoms with Crippen LogP contribution < -0.4 is 11.4 Å². The standard InChI is InChI=1S/C12H9ClN6O2S/c13-7-1-3-8(4-2-7)22-6-19-12(21)18-5-15-9(10(14)20)11(18)16-17-19/h1-5H,6H2,(H2,14,20). The van der Waals surface area contributed by atoms with E-state index in [2.05, 4.69) is 15.3 Å². The second kappa shape index (κ2) is 5.78. The molecular weight excluding hydrogens is 328 g/mol. The van der Waals surface area contributed by atoms with E-state index in [-0.39, 0.29) is 17.2 Å². The number of hydrogen-bond donors (Lipinski definition) is 1. The number of nitrogens with two attached hydrogens (primary N) is 1. The van der Waals surface area contributed by atoms with E-state index in [9.17, 15) is 9.59 Å². The van der Waals surface area contributed by atoms with Crippen LogP contribution in [0.25, 0.3) is 5.65 Å². The molecule has 2 N–H and O–H groups in total. The zero-order valence-electron chi connectivity index (χ0n) is 11.0. The van der Waals surface area contributed by atoms with Gasteiger partial charge in [0.05, 0.1) is 5.88 Å². The lowest BCUT2D eigenvalue weighted by molar-refractivity contribution is 0.0997. The Bertz CT molecular complexity index is 904. The molecule has 0 aliphatic carbocycles. The number of hydrogen-bond acceptors (Lipinski definition) is 6. The molecule has 0 bridgehead atoms. The third kappa shape index (κ3) is 2.68. The summed E-state index contributed by atoms with van der Waals surface area (Å²) < 4.78 is 2.30. The van der Waals surface area contributed by atoms with Crippen molar-refractivity contribution in [2.45, 2.75) is 10.8 Å². The lowest BCUT2D eigenvalue weighted by Gasteiger charge is -2.04. The highest BCUT2D eigenvalue weighted by molar-refractivity contribution is 7.98. The van der Waals surface area contributed by atoms with E-state index in [0.29, 0.717) is 5.02 Å². The number of carbonyl (C=O) groups is 1. The molecule has 3 rings (SSSR count). The van der Waals surface area contributed by atoms with Gasteiger partial charge in [0.1, 0.15) is 6.33 Å². The van der Waals surface area contributed by atoms with Gasteiger partial charge in [-0.15, -0.1) is 16.9 Å². The smallest absolute Gasteiger partial charge is 0.353 e. The van der Waals surface area contributed by atoms with Crippen LogP contribution in [-0.2, 0) is 5.88 Å². The number of amides is 1. The van der Waals surface area contributed by atoms with Gasteiger partial charge in [-0.1, -0.05) is 16.8 Å². The van der Waals surface area contributed by atoms with Gasteiger partial charge in [-0.3, -0.25) is 4.79 Å². The minimum Gasteiger partial charge on any atom is -0.364 e. The van der Waals surface area contributed by atoms with Crippen molar-refractivity contribution in [1.29, 1.82) is 0 Å². The van der Waals surface area contributed by atoms with E-state index in [1.165, 1.54) is 22.8 Å². The van der Waals surface area contributed by atoms with Crippen LogP contribution >= 0.6 is 23.4 Å². The molecule has 0 saturated heterocycles. The minimum absolute atomic E-state index is 0.0465. The molecule has 2 heterocycles. The van der Waals surface area contributed by atoms with E-state index < -0.39 is 11.6 Å². The lowest BCUT2D eigenvalue weighted by atomic mass is 10.4. The van der Waals surface area contributed by atoms with Crippen LogP contribution in [0.5, 0.6) is 0 Å². The Morgan fingerprint density at radius 2 is 2.05 bits per heavy atom. The van der Waals surface area contributed by atoms with Crippen LogP contribution in [0, 0.1) is 0 Å². The van der Waals surface area contributed by atoms with Gasteiger partial charge in [0.15, 0.2) is 11.3 Å². The van der Waals surface area contributed by atoms with Gasteiger partial charge < -0.3 is 5.73 Å². The van der Waals surface area contributed by atoms with Crippen molar-refractivity contribution in [3.63, 3.8) is 0 Å². The van der Waals surface area contributed by atoms with Crippen molar-refractivity contribution in [1.82, 2.24) is 24.4 Å². The number of nitrogens with zero attached hydrogens (tertiary/aromatic N) is 5. The molecule has 0 saturated carbocycles. The maximum atomic E-state index is 12.2. The van der Waals surface area contributed by atoms with Gasteiger partial charge >= 0.3 is 5.69 Å². The highest BCUT2D eigenvalue weighted by Gasteiger charge is 2.15. The number of carbonyl (C=O) groups excluding carboxylic acids is 1. The average molecular weight is 337 g/mol. The Morgan fingerprint density at radius 3 is 2.73 bits per heavy atom. The first-order valence-electron chi connectivity index (χ1n) is 6.05. The summed E-state index contributed by atoms with van der Waals surface area (Å²) in [5.41, 5.74) is 4.67. The summed E-state index contributed by atoms with van der Waals surface area (Å²) in [5, 5.41) is 8.26. The number of fused-ring (bicyclic) bond motifs is 1. The minimum atomic E-state index is -0.760. The predicted octanol–water partition coefficient (Wildman–Crippen LogP) is 0.788. The highest BCUT2D eigenvalue weighted by Crippen LogP contribution is 2.20. The number of primary amides is 1. The molecule has 8 nitrogen and oxygen atoms in total. The second-order valence-electron chi connectivity index (χ2n) is 4.25. The van der Waals surface area contributed by atoms with E-state index in [1.54, 1.807) is 12.1 Å². The van der Waals surface area contributed by atoms with Gasteiger partial charge in [-0.05, 0) is 24.3 Å². The summed E-state index contributed by atoms with van der Waals surface area (Å²) in [6.07, 6.45) is 1.20. The van der Waals surface area contributed by atoms with Crippen LogP contribution in [0.3, 0.4) is 0 Å². The fourth-order valence-electron chi connectivity index (χ4n) is 1.76. The van der Waals surface area contributed by atoms with E-state index in [0.717, 1.165) is 9.30 Å². The molecule has 2 aromatic heterocycles. The van der Waals surface area contributed by atoms with Crippen LogP contribution in [0.15, 0.2) is 40.3 Å². The molecule has 0 fully saturated rings. The zero-order valence-corrected chi connectivity index (χ0v) is 12.6. The Labute approximate surface area is 132 Å². The quantitative estimate of drug-likeness (QED) is 0.705. The number of imidazole rings is 1. The monoisotopic (exact) mass is 336 g/mol. The van der Waals surface area contributed by atoms with Crippen LogP contribution in [0.1, 0.15) is 10.5 Å². The number of thioether (sulfide) groups is 1. The largest absolute Gasteiger partial charge is 0.364 e. The van der Waals surface area contributed by atoms with Crippen molar-refractivity contribution in [2.75, 3.05) is 0 Å². The molecule has 10 heteroatoms. The summed E-state index contributed by atoms with van der Waals surface area (Å²) in [6.45, 7) is 0. The summed E-state index contributed by atoms with van der Waals surface area (Å²) in [5.74, 6) is -0.502. The lowest BCUT2D eigenvalue weighted by Crippen LogP contribution is -2.29. The van der Waals surface area contributed by atoms with E-state index >= 15 is 0 Å². The second-order valence-corrected chi connectivity index (χ2v) is 5.70. The van der Waals surface area contributed by atoms with Crippen molar-refractivity contribution >= 4 is 34.9 Å². The molecule has 0 radical (unpaired) electrons. The molecule has 22 heavy (non-hydrogen) atoms. The molecule has 1 aromatic carbocycles.